The van der Waals surface area contributed by atoms with Crippen LogP contribution in [0.15, 0.2) is 24.3 Å². The highest BCUT2D eigenvalue weighted by Gasteiger charge is 2.28. The Hall–Kier alpha value is -1.67. The normalized spacial score (nSPS) is 20.3. The summed E-state index contributed by atoms with van der Waals surface area (Å²) in [4.78, 5) is 10.8. The standard InChI is InChI=1S/C12H14N2O4S2/c15-11(16)8-2-1-3-9(6-8)13-12(19)14-10-4-5-20(17,18)7-10/h1-3,6,10H,4-5,7H2,(H,15,16)(H2,13,14,19). The molecule has 0 aromatic heterocycles. The molecule has 1 heterocycles. The molecule has 108 valence electrons. The third-order valence-corrected chi connectivity index (χ3v) is 4.92. The van der Waals surface area contributed by atoms with E-state index in [0.717, 1.165) is 0 Å². The second-order valence-electron chi connectivity index (χ2n) is 4.58. The van der Waals surface area contributed by atoms with Gasteiger partial charge in [-0.2, -0.15) is 0 Å². The van der Waals surface area contributed by atoms with Gasteiger partial charge in [-0.25, -0.2) is 13.2 Å². The van der Waals surface area contributed by atoms with E-state index < -0.39 is 15.8 Å². The molecule has 0 aliphatic carbocycles. The van der Waals surface area contributed by atoms with Crippen LogP contribution in [0.25, 0.3) is 0 Å². The van der Waals surface area contributed by atoms with Crippen LogP contribution in [0, 0.1) is 0 Å². The first-order valence-corrected chi connectivity index (χ1v) is 8.20. The van der Waals surface area contributed by atoms with Crippen LogP contribution < -0.4 is 10.6 Å². The lowest BCUT2D eigenvalue weighted by Gasteiger charge is -2.15. The summed E-state index contributed by atoms with van der Waals surface area (Å²) >= 11 is 5.09. The minimum atomic E-state index is -2.96. The van der Waals surface area contributed by atoms with E-state index in [1.807, 2.05) is 0 Å². The number of hydrogen-bond acceptors (Lipinski definition) is 4. The van der Waals surface area contributed by atoms with Crippen LogP contribution in [0.5, 0.6) is 0 Å². The van der Waals surface area contributed by atoms with Crippen molar-refractivity contribution in [3.63, 3.8) is 0 Å². The van der Waals surface area contributed by atoms with Crippen molar-refractivity contribution in [2.45, 2.75) is 12.5 Å². The number of thiocarbonyl (C=S) groups is 1. The molecule has 1 aliphatic heterocycles. The smallest absolute Gasteiger partial charge is 0.335 e. The van der Waals surface area contributed by atoms with E-state index in [9.17, 15) is 13.2 Å². The van der Waals surface area contributed by atoms with Crippen molar-refractivity contribution in [3.8, 4) is 0 Å². The summed E-state index contributed by atoms with van der Waals surface area (Å²) in [6.45, 7) is 0. The summed E-state index contributed by atoms with van der Waals surface area (Å²) in [7, 11) is -2.96. The van der Waals surface area contributed by atoms with Gasteiger partial charge in [0.25, 0.3) is 0 Å². The number of sulfone groups is 1. The molecule has 0 radical (unpaired) electrons. The Morgan fingerprint density at radius 3 is 2.75 bits per heavy atom. The van der Waals surface area contributed by atoms with Gasteiger partial charge in [-0.15, -0.1) is 0 Å². The Kier molecular flexibility index (Phi) is 4.24. The first kappa shape index (κ1) is 14.7. The predicted molar refractivity (Wildman–Crippen MR) is 79.8 cm³/mol. The Morgan fingerprint density at radius 2 is 2.15 bits per heavy atom. The summed E-state index contributed by atoms with van der Waals surface area (Å²) in [5, 5.41) is 15.0. The van der Waals surface area contributed by atoms with Crippen LogP contribution in [-0.2, 0) is 9.84 Å². The lowest BCUT2D eigenvalue weighted by molar-refractivity contribution is 0.0697. The van der Waals surface area contributed by atoms with Crippen molar-refractivity contribution in [3.05, 3.63) is 29.8 Å². The second-order valence-corrected chi connectivity index (χ2v) is 7.22. The molecule has 2 rings (SSSR count). The van der Waals surface area contributed by atoms with Crippen molar-refractivity contribution >= 4 is 38.8 Å². The molecule has 3 N–H and O–H groups in total. The maximum atomic E-state index is 11.3. The molecule has 0 spiro atoms. The van der Waals surface area contributed by atoms with Crippen LogP contribution >= 0.6 is 12.2 Å². The molecule has 6 nitrogen and oxygen atoms in total. The van der Waals surface area contributed by atoms with Gasteiger partial charge in [-0.05, 0) is 36.8 Å². The highest BCUT2D eigenvalue weighted by atomic mass is 32.2. The largest absolute Gasteiger partial charge is 0.478 e. The van der Waals surface area contributed by atoms with Gasteiger partial charge in [-0.1, -0.05) is 6.07 Å². The van der Waals surface area contributed by atoms with E-state index in [4.69, 9.17) is 17.3 Å². The lowest BCUT2D eigenvalue weighted by Crippen LogP contribution is -2.38. The zero-order valence-corrected chi connectivity index (χ0v) is 12.1. The Bertz CT molecular complexity index is 643. The van der Waals surface area contributed by atoms with E-state index in [-0.39, 0.29) is 28.2 Å². The van der Waals surface area contributed by atoms with Gasteiger partial charge in [0.2, 0.25) is 0 Å². The van der Waals surface area contributed by atoms with Crippen molar-refractivity contribution < 1.29 is 18.3 Å². The average molecular weight is 314 g/mol. The molecule has 1 aromatic rings. The highest BCUT2D eigenvalue weighted by Crippen LogP contribution is 2.13. The summed E-state index contributed by atoms with van der Waals surface area (Å²) < 4.78 is 22.7. The van der Waals surface area contributed by atoms with Crippen LogP contribution in [0.4, 0.5) is 5.69 Å². The maximum Gasteiger partial charge on any atom is 0.335 e. The average Bonchev–Trinajstić information content (AvgIpc) is 2.68. The fraction of sp³-hybridized carbons (Fsp3) is 0.333. The Morgan fingerprint density at radius 1 is 1.40 bits per heavy atom. The van der Waals surface area contributed by atoms with Crippen LogP contribution in [-0.4, -0.2) is 42.2 Å². The van der Waals surface area contributed by atoms with E-state index >= 15 is 0 Å². The molecule has 1 fully saturated rings. The molecule has 0 bridgehead atoms. The fourth-order valence-corrected chi connectivity index (χ4v) is 3.95. The summed E-state index contributed by atoms with van der Waals surface area (Å²) in [5.74, 6) is -0.777. The van der Waals surface area contributed by atoms with Crippen molar-refractivity contribution in [1.29, 1.82) is 0 Å². The van der Waals surface area contributed by atoms with E-state index in [0.29, 0.717) is 12.1 Å². The van der Waals surface area contributed by atoms with Crippen LogP contribution in [0.3, 0.4) is 0 Å². The van der Waals surface area contributed by atoms with Gasteiger partial charge in [0.05, 0.1) is 17.1 Å². The van der Waals surface area contributed by atoms with Gasteiger partial charge < -0.3 is 15.7 Å². The maximum absolute atomic E-state index is 11.3. The minimum Gasteiger partial charge on any atom is -0.478 e. The molecule has 1 saturated heterocycles. The molecule has 1 aromatic carbocycles. The van der Waals surface area contributed by atoms with Crippen molar-refractivity contribution in [1.82, 2.24) is 5.32 Å². The number of carbonyl (C=O) groups is 1. The number of carboxylic acids is 1. The quantitative estimate of drug-likeness (QED) is 0.712. The molecule has 8 heteroatoms. The molecular weight excluding hydrogens is 300 g/mol. The van der Waals surface area contributed by atoms with Gasteiger partial charge in [0, 0.05) is 11.7 Å². The number of anilines is 1. The lowest BCUT2D eigenvalue weighted by atomic mass is 10.2. The van der Waals surface area contributed by atoms with Gasteiger partial charge >= 0.3 is 5.97 Å². The second kappa shape index (κ2) is 5.76. The molecule has 0 amide bonds. The van der Waals surface area contributed by atoms with Gasteiger partial charge in [0.15, 0.2) is 14.9 Å². The molecular formula is C12H14N2O4S2. The first-order valence-electron chi connectivity index (χ1n) is 5.97. The summed E-state index contributed by atoms with van der Waals surface area (Å²) in [5.41, 5.74) is 0.699. The fourth-order valence-electron chi connectivity index (χ4n) is 1.99. The van der Waals surface area contributed by atoms with Crippen LogP contribution in [0.2, 0.25) is 0 Å². The van der Waals surface area contributed by atoms with Crippen molar-refractivity contribution in [2.24, 2.45) is 0 Å². The Labute approximate surface area is 122 Å². The molecule has 1 aliphatic rings. The van der Waals surface area contributed by atoms with Gasteiger partial charge in [0.1, 0.15) is 0 Å². The van der Waals surface area contributed by atoms with E-state index in [2.05, 4.69) is 10.6 Å². The zero-order valence-electron chi connectivity index (χ0n) is 10.5. The number of rotatable bonds is 3. The SMILES string of the molecule is O=C(O)c1cccc(NC(=S)NC2CCS(=O)(=O)C2)c1. The van der Waals surface area contributed by atoms with E-state index in [1.54, 1.807) is 12.1 Å². The zero-order chi connectivity index (χ0) is 14.8. The molecule has 1 unspecified atom stereocenters. The van der Waals surface area contributed by atoms with Crippen molar-refractivity contribution in [2.75, 3.05) is 16.8 Å². The molecule has 20 heavy (non-hydrogen) atoms. The number of benzene rings is 1. The first-order chi connectivity index (χ1) is 9.35. The summed E-state index contributed by atoms with van der Waals surface area (Å²) in [6.07, 6.45) is 0.527. The van der Waals surface area contributed by atoms with Gasteiger partial charge in [-0.3, -0.25) is 0 Å². The monoisotopic (exact) mass is 314 g/mol. The third kappa shape index (κ3) is 3.91. The summed E-state index contributed by atoms with van der Waals surface area (Å²) in [6, 6.07) is 6.04. The molecule has 0 saturated carbocycles. The number of nitrogens with one attached hydrogen (secondary N) is 2. The third-order valence-electron chi connectivity index (χ3n) is 2.94. The number of aromatic carboxylic acids is 1. The topological polar surface area (TPSA) is 95.5 Å². The molecule has 1 atom stereocenters. The highest BCUT2D eigenvalue weighted by molar-refractivity contribution is 7.91. The minimum absolute atomic E-state index is 0.0734. The van der Waals surface area contributed by atoms with Crippen LogP contribution in [0.1, 0.15) is 16.8 Å². The number of carboxylic acid groups (broad SMARTS) is 1. The van der Waals surface area contributed by atoms with E-state index in [1.165, 1.54) is 12.1 Å². The number of hydrogen-bond donors (Lipinski definition) is 3. The predicted octanol–water partition coefficient (Wildman–Crippen LogP) is 0.858. The Balaban J connectivity index is 1.95.